The Morgan fingerprint density at radius 3 is 2.62 bits per heavy atom. The summed E-state index contributed by atoms with van der Waals surface area (Å²) in [6, 6.07) is 2.52. The Morgan fingerprint density at radius 2 is 2.00 bits per heavy atom. The van der Waals surface area contributed by atoms with Crippen LogP contribution in [0.5, 0.6) is 0 Å². The zero-order valence-corrected chi connectivity index (χ0v) is 8.35. The van der Waals surface area contributed by atoms with Crippen LogP contribution in [0.3, 0.4) is 0 Å². The fourth-order valence-corrected chi connectivity index (χ4v) is 1.54. The molecule has 6 heteroatoms. The van der Waals surface area contributed by atoms with Gasteiger partial charge in [-0.25, -0.2) is 9.37 Å². The second-order valence-corrected chi connectivity index (χ2v) is 3.51. The number of nitrogens with zero attached hydrogens (tertiary/aromatic N) is 2. The van der Waals surface area contributed by atoms with Crippen LogP contribution in [0.2, 0.25) is 0 Å². The largest absolute Gasteiger partial charge is 0.394 e. The lowest BCUT2D eigenvalue weighted by atomic mass is 10.2. The van der Waals surface area contributed by atoms with Crippen LogP contribution in [-0.4, -0.2) is 15.6 Å². The van der Waals surface area contributed by atoms with Gasteiger partial charge in [0, 0.05) is 11.9 Å². The quantitative estimate of drug-likeness (QED) is 0.691. The Labute approximate surface area is 88.5 Å². The number of aromatic nitrogens is 2. The monoisotopic (exact) mass is 232 g/mol. The molecule has 2 heterocycles. The van der Waals surface area contributed by atoms with Gasteiger partial charge in [0.1, 0.15) is 11.5 Å². The number of fused-ring (bicyclic) bond motifs is 1. The molecular formula is C10H8F4N2. The third kappa shape index (κ3) is 2.00. The number of hydrogen-bond donors (Lipinski definition) is 0. The van der Waals surface area contributed by atoms with Gasteiger partial charge in [0.2, 0.25) is 0 Å². The van der Waals surface area contributed by atoms with Crippen molar-refractivity contribution in [3.05, 3.63) is 35.5 Å². The first-order valence-electron chi connectivity index (χ1n) is 4.57. The average Bonchev–Trinajstić information content (AvgIpc) is 2.42. The van der Waals surface area contributed by atoms with Crippen LogP contribution in [0.15, 0.2) is 18.3 Å². The number of alkyl halides is 3. The first-order valence-corrected chi connectivity index (χ1v) is 4.57. The van der Waals surface area contributed by atoms with Crippen molar-refractivity contribution in [1.82, 2.24) is 9.38 Å². The van der Waals surface area contributed by atoms with Crippen molar-refractivity contribution >= 4 is 5.65 Å². The van der Waals surface area contributed by atoms with Gasteiger partial charge in [-0.05, 0) is 19.1 Å². The van der Waals surface area contributed by atoms with Crippen molar-refractivity contribution in [3.63, 3.8) is 0 Å². The predicted octanol–water partition coefficient (Wildman–Crippen LogP) is 2.89. The highest BCUT2D eigenvalue weighted by molar-refractivity contribution is 5.43. The number of imidazole rings is 1. The topological polar surface area (TPSA) is 17.3 Å². The van der Waals surface area contributed by atoms with E-state index in [2.05, 4.69) is 4.98 Å². The lowest BCUT2D eigenvalue weighted by Gasteiger charge is -2.03. The van der Waals surface area contributed by atoms with Gasteiger partial charge >= 0.3 is 6.18 Å². The minimum atomic E-state index is -4.30. The molecule has 0 saturated heterocycles. The van der Waals surface area contributed by atoms with Crippen molar-refractivity contribution in [2.75, 3.05) is 0 Å². The van der Waals surface area contributed by atoms with Gasteiger partial charge in [0.15, 0.2) is 0 Å². The summed E-state index contributed by atoms with van der Waals surface area (Å²) in [6.07, 6.45) is -4.28. The Kier molecular flexibility index (Phi) is 2.36. The Hall–Kier alpha value is -1.59. The number of rotatable bonds is 1. The van der Waals surface area contributed by atoms with E-state index < -0.39 is 18.4 Å². The van der Waals surface area contributed by atoms with E-state index in [1.54, 1.807) is 0 Å². The van der Waals surface area contributed by atoms with Crippen molar-refractivity contribution < 1.29 is 17.6 Å². The molecule has 2 nitrogen and oxygen atoms in total. The molecule has 0 aliphatic heterocycles. The molecule has 0 aliphatic rings. The van der Waals surface area contributed by atoms with Crippen molar-refractivity contribution in [2.45, 2.75) is 19.5 Å². The molecule has 0 aromatic carbocycles. The van der Waals surface area contributed by atoms with Crippen LogP contribution in [0.1, 0.15) is 11.4 Å². The molecule has 0 amide bonds. The lowest BCUT2D eigenvalue weighted by molar-refractivity contribution is -0.127. The first-order chi connectivity index (χ1) is 7.37. The molecule has 16 heavy (non-hydrogen) atoms. The summed E-state index contributed by atoms with van der Waals surface area (Å²) < 4.78 is 50.8. The van der Waals surface area contributed by atoms with Gasteiger partial charge in [0.05, 0.1) is 12.1 Å². The van der Waals surface area contributed by atoms with E-state index >= 15 is 0 Å². The minimum absolute atomic E-state index is 0.0712. The van der Waals surface area contributed by atoms with Crippen molar-refractivity contribution in [1.29, 1.82) is 0 Å². The summed E-state index contributed by atoms with van der Waals surface area (Å²) >= 11 is 0. The molecule has 2 aromatic heterocycles. The number of halogens is 4. The normalized spacial score (nSPS) is 12.3. The maximum Gasteiger partial charge on any atom is 0.394 e. The highest BCUT2D eigenvalue weighted by atomic mass is 19.4. The fraction of sp³-hybridized carbons (Fsp3) is 0.300. The standard InChI is InChI=1S/C10H8F4N2/c1-6-8(4-10(12,13)14)15-9-3-2-7(11)5-16(6)9/h2-3,5H,4H2,1H3. The summed E-state index contributed by atoms with van der Waals surface area (Å²) in [6.45, 7) is 1.49. The number of hydrogen-bond acceptors (Lipinski definition) is 1. The fourth-order valence-electron chi connectivity index (χ4n) is 1.54. The number of aryl methyl sites for hydroxylation is 1. The van der Waals surface area contributed by atoms with Crippen LogP contribution >= 0.6 is 0 Å². The SMILES string of the molecule is Cc1c(CC(F)(F)F)nc2ccc(F)cn12. The molecule has 0 spiro atoms. The Balaban J connectivity index is 2.52. The van der Waals surface area contributed by atoms with Crippen LogP contribution < -0.4 is 0 Å². The molecule has 0 saturated carbocycles. The minimum Gasteiger partial charge on any atom is -0.301 e. The molecule has 0 unspecified atom stereocenters. The second-order valence-electron chi connectivity index (χ2n) is 3.51. The van der Waals surface area contributed by atoms with E-state index in [1.807, 2.05) is 0 Å². The molecule has 0 aliphatic carbocycles. The predicted molar refractivity (Wildman–Crippen MR) is 49.6 cm³/mol. The van der Waals surface area contributed by atoms with Crippen LogP contribution in [-0.2, 0) is 6.42 Å². The molecule has 86 valence electrons. The zero-order chi connectivity index (χ0) is 11.9. The summed E-state index contributed by atoms with van der Waals surface area (Å²) in [5.74, 6) is -0.508. The second kappa shape index (κ2) is 3.47. The summed E-state index contributed by atoms with van der Waals surface area (Å²) in [5.41, 5.74) is 0.558. The van der Waals surface area contributed by atoms with Gasteiger partial charge in [0.25, 0.3) is 0 Å². The molecule has 2 rings (SSSR count). The Morgan fingerprint density at radius 1 is 1.31 bits per heavy atom. The van der Waals surface area contributed by atoms with E-state index in [0.29, 0.717) is 11.3 Å². The van der Waals surface area contributed by atoms with Crippen molar-refractivity contribution in [2.24, 2.45) is 0 Å². The summed E-state index contributed by atoms with van der Waals surface area (Å²) in [7, 11) is 0. The van der Waals surface area contributed by atoms with Crippen LogP contribution in [0, 0.1) is 12.7 Å². The van der Waals surface area contributed by atoms with Gasteiger partial charge in [-0.3, -0.25) is 0 Å². The van der Waals surface area contributed by atoms with Gasteiger partial charge < -0.3 is 4.40 Å². The molecule has 0 bridgehead atoms. The van der Waals surface area contributed by atoms with Gasteiger partial charge in [-0.2, -0.15) is 13.2 Å². The maximum absolute atomic E-state index is 12.9. The molecule has 0 radical (unpaired) electrons. The van der Waals surface area contributed by atoms with E-state index in [1.165, 1.54) is 23.5 Å². The Bertz CT molecular complexity index is 527. The number of pyridine rings is 1. The van der Waals surface area contributed by atoms with Crippen molar-refractivity contribution in [3.8, 4) is 0 Å². The maximum atomic E-state index is 12.9. The smallest absolute Gasteiger partial charge is 0.301 e. The summed E-state index contributed by atoms with van der Waals surface area (Å²) in [5, 5.41) is 0. The summed E-state index contributed by atoms with van der Waals surface area (Å²) in [4.78, 5) is 3.82. The lowest BCUT2D eigenvalue weighted by Crippen LogP contribution is -2.12. The van der Waals surface area contributed by atoms with E-state index in [0.717, 1.165) is 6.20 Å². The zero-order valence-electron chi connectivity index (χ0n) is 8.35. The van der Waals surface area contributed by atoms with E-state index in [9.17, 15) is 17.6 Å². The average molecular weight is 232 g/mol. The third-order valence-electron chi connectivity index (χ3n) is 2.29. The molecule has 0 fully saturated rings. The molecule has 0 N–H and O–H groups in total. The first kappa shape index (κ1) is 10.9. The van der Waals surface area contributed by atoms with Crippen LogP contribution in [0.4, 0.5) is 17.6 Å². The van der Waals surface area contributed by atoms with Gasteiger partial charge in [-0.1, -0.05) is 0 Å². The molecule has 2 aromatic rings. The molecule has 0 atom stereocenters. The third-order valence-corrected chi connectivity index (χ3v) is 2.29. The van der Waals surface area contributed by atoms with E-state index in [4.69, 9.17) is 0 Å². The highest BCUT2D eigenvalue weighted by Gasteiger charge is 2.30. The van der Waals surface area contributed by atoms with E-state index in [-0.39, 0.29) is 5.69 Å². The van der Waals surface area contributed by atoms with Crippen LogP contribution in [0.25, 0.3) is 5.65 Å². The molecular weight excluding hydrogens is 224 g/mol. The van der Waals surface area contributed by atoms with Gasteiger partial charge in [-0.15, -0.1) is 0 Å². The highest BCUT2D eigenvalue weighted by Crippen LogP contribution is 2.23.